The highest BCUT2D eigenvalue weighted by atomic mass is 14.4. The first-order valence-electron chi connectivity index (χ1n) is 16.4. The molecular formula is C36H80. The molecule has 3 aliphatic carbocycles. The third-order valence-electron chi connectivity index (χ3n) is 8.25. The summed E-state index contributed by atoms with van der Waals surface area (Å²) in [7, 11) is 0. The first kappa shape index (κ1) is 48.5. The molecule has 0 heteroatoms. The van der Waals surface area contributed by atoms with Gasteiger partial charge in [0, 0.05) is 0 Å². The molecule has 0 saturated heterocycles. The van der Waals surface area contributed by atoms with Crippen LogP contribution in [0.1, 0.15) is 151 Å². The highest BCUT2D eigenvalue weighted by Crippen LogP contribution is 2.47. The summed E-state index contributed by atoms with van der Waals surface area (Å²) < 4.78 is 0. The van der Waals surface area contributed by atoms with Gasteiger partial charge in [0.1, 0.15) is 0 Å². The fourth-order valence-electron chi connectivity index (χ4n) is 5.24. The summed E-state index contributed by atoms with van der Waals surface area (Å²) in [5.41, 5.74) is 0. The second kappa shape index (κ2) is 34.5. The van der Waals surface area contributed by atoms with Crippen molar-refractivity contribution in [2.24, 2.45) is 59.2 Å². The molecule has 0 aromatic heterocycles. The molecule has 224 valence electrons. The van der Waals surface area contributed by atoms with E-state index in [4.69, 9.17) is 0 Å². The standard InChI is InChI=1S/C11H18.C11H22.6C2H6.C2H4/c1-7-6-10-4-5-11(10)9(3)8(7)2;1-7-6-8(2)10(4)11(5)9(7)3;7*1-2/h4-5,7-11H,6H2,1-3H3;7-11H,6H2,1-5H3;6*1-2H3;1-2H2. The van der Waals surface area contributed by atoms with Crippen LogP contribution in [0.15, 0.2) is 25.3 Å². The largest absolute Gasteiger partial charge is 0.106 e. The van der Waals surface area contributed by atoms with Crippen LogP contribution in [-0.4, -0.2) is 0 Å². The van der Waals surface area contributed by atoms with E-state index in [1.807, 2.05) is 83.1 Å². The Hall–Kier alpha value is -0.520. The lowest BCUT2D eigenvalue weighted by atomic mass is 9.59. The summed E-state index contributed by atoms with van der Waals surface area (Å²) in [4.78, 5) is 0. The maximum absolute atomic E-state index is 3.00. The van der Waals surface area contributed by atoms with Crippen LogP contribution in [0, 0.1) is 59.2 Å². The summed E-state index contributed by atoms with van der Waals surface area (Å²) in [6, 6.07) is 0. The number of rotatable bonds is 0. The predicted molar refractivity (Wildman–Crippen MR) is 178 cm³/mol. The average Bonchev–Trinajstić information content (AvgIpc) is 2.95. The Morgan fingerprint density at radius 3 is 0.944 bits per heavy atom. The lowest BCUT2D eigenvalue weighted by Crippen LogP contribution is -2.38. The smallest absolute Gasteiger partial charge is 0.0142 e. The molecule has 0 spiro atoms. The van der Waals surface area contributed by atoms with Crippen molar-refractivity contribution >= 4 is 0 Å². The SMILES string of the molecule is C=C.CC.CC.CC.CC.CC.CC.CC1CC(C)C(C)C(C)C1C.CC1CC2C=CC2C(C)C1C. The molecule has 0 aromatic rings. The molecule has 0 heterocycles. The Balaban J connectivity index is -0.0000000844. The van der Waals surface area contributed by atoms with E-state index in [-0.39, 0.29) is 0 Å². The van der Waals surface area contributed by atoms with Crippen molar-refractivity contribution in [2.45, 2.75) is 151 Å². The monoisotopic (exact) mass is 513 g/mol. The fraction of sp³-hybridized carbons (Fsp3) is 0.889. The molecule has 0 N–H and O–H groups in total. The number of hydrogen-bond donors (Lipinski definition) is 0. The minimum absolute atomic E-state index is 0.925. The maximum Gasteiger partial charge on any atom is -0.0142 e. The second-order valence-electron chi connectivity index (χ2n) is 9.32. The third kappa shape index (κ3) is 17.9. The molecule has 0 amide bonds. The van der Waals surface area contributed by atoms with E-state index in [0.717, 1.165) is 59.2 Å². The van der Waals surface area contributed by atoms with Gasteiger partial charge in [0.2, 0.25) is 0 Å². The van der Waals surface area contributed by atoms with Gasteiger partial charge < -0.3 is 0 Å². The molecule has 3 rings (SSSR count). The van der Waals surface area contributed by atoms with Crippen LogP contribution < -0.4 is 0 Å². The van der Waals surface area contributed by atoms with Crippen LogP contribution in [0.2, 0.25) is 0 Å². The summed E-state index contributed by atoms with van der Waals surface area (Å²) in [5, 5.41) is 0. The summed E-state index contributed by atoms with van der Waals surface area (Å²) in [6.07, 6.45) is 7.70. The van der Waals surface area contributed by atoms with Gasteiger partial charge in [0.25, 0.3) is 0 Å². The molecular weight excluding hydrogens is 432 g/mol. The Morgan fingerprint density at radius 1 is 0.389 bits per heavy atom. The van der Waals surface area contributed by atoms with E-state index in [1.54, 1.807) is 0 Å². The van der Waals surface area contributed by atoms with E-state index in [2.05, 4.69) is 80.7 Å². The van der Waals surface area contributed by atoms with Crippen LogP contribution in [0.5, 0.6) is 0 Å². The summed E-state index contributed by atoms with van der Waals surface area (Å²) in [5.74, 6) is 9.34. The van der Waals surface area contributed by atoms with Gasteiger partial charge in [-0.3, -0.25) is 0 Å². The van der Waals surface area contributed by atoms with Crippen molar-refractivity contribution in [1.29, 1.82) is 0 Å². The first-order valence-corrected chi connectivity index (χ1v) is 16.4. The van der Waals surface area contributed by atoms with Gasteiger partial charge in [-0.2, -0.15) is 0 Å². The Bertz CT molecular complexity index is 381. The quantitative estimate of drug-likeness (QED) is 0.283. The van der Waals surface area contributed by atoms with Crippen LogP contribution >= 0.6 is 0 Å². The molecule has 36 heavy (non-hydrogen) atoms. The van der Waals surface area contributed by atoms with Crippen molar-refractivity contribution < 1.29 is 0 Å². The van der Waals surface area contributed by atoms with E-state index < -0.39 is 0 Å². The van der Waals surface area contributed by atoms with Crippen LogP contribution in [0.4, 0.5) is 0 Å². The normalized spacial score (nSPS) is 34.0. The van der Waals surface area contributed by atoms with Gasteiger partial charge in [-0.1, -0.05) is 151 Å². The molecule has 2 saturated carbocycles. The Kier molecular flexibility index (Phi) is 46.5. The van der Waals surface area contributed by atoms with E-state index in [0.29, 0.717) is 0 Å². The van der Waals surface area contributed by atoms with Gasteiger partial charge in [0.05, 0.1) is 0 Å². The van der Waals surface area contributed by atoms with Gasteiger partial charge in [-0.25, -0.2) is 0 Å². The van der Waals surface area contributed by atoms with Crippen molar-refractivity contribution in [2.75, 3.05) is 0 Å². The fourth-order valence-corrected chi connectivity index (χ4v) is 5.24. The lowest BCUT2D eigenvalue weighted by Gasteiger charge is -2.46. The van der Waals surface area contributed by atoms with Crippen LogP contribution in [-0.2, 0) is 0 Å². The number of allylic oxidation sites excluding steroid dienone is 2. The van der Waals surface area contributed by atoms with Crippen molar-refractivity contribution in [3.63, 3.8) is 0 Å². The first-order chi connectivity index (χ1) is 17.2. The Morgan fingerprint density at radius 2 is 0.667 bits per heavy atom. The minimum atomic E-state index is 0.925. The Labute approximate surface area is 235 Å². The molecule has 3 aliphatic rings. The van der Waals surface area contributed by atoms with Crippen LogP contribution in [0.25, 0.3) is 0 Å². The zero-order valence-electron chi connectivity index (χ0n) is 29.8. The molecule has 9 unspecified atom stereocenters. The van der Waals surface area contributed by atoms with Crippen molar-refractivity contribution in [3.8, 4) is 0 Å². The molecule has 0 aromatic carbocycles. The molecule has 0 radical (unpaired) electrons. The van der Waals surface area contributed by atoms with Crippen LogP contribution in [0.3, 0.4) is 0 Å². The maximum atomic E-state index is 3.00. The van der Waals surface area contributed by atoms with E-state index in [9.17, 15) is 0 Å². The van der Waals surface area contributed by atoms with Gasteiger partial charge >= 0.3 is 0 Å². The predicted octanol–water partition coefficient (Wildman–Crippen LogP) is 13.6. The lowest BCUT2D eigenvalue weighted by molar-refractivity contribution is 0.0855. The van der Waals surface area contributed by atoms with E-state index in [1.165, 1.54) is 12.8 Å². The van der Waals surface area contributed by atoms with Crippen molar-refractivity contribution in [3.05, 3.63) is 25.3 Å². The third-order valence-corrected chi connectivity index (χ3v) is 8.25. The molecule has 2 fully saturated rings. The highest BCUT2D eigenvalue weighted by molar-refractivity contribution is 5.13. The summed E-state index contributed by atoms with van der Waals surface area (Å²) >= 11 is 0. The molecule has 0 aliphatic heterocycles. The summed E-state index contributed by atoms with van der Waals surface area (Å²) in [6.45, 7) is 49.3. The minimum Gasteiger partial charge on any atom is -0.106 e. The molecule has 0 bridgehead atoms. The number of fused-ring (bicyclic) bond motifs is 1. The van der Waals surface area contributed by atoms with Gasteiger partial charge in [-0.15, -0.1) is 13.2 Å². The van der Waals surface area contributed by atoms with Crippen molar-refractivity contribution in [1.82, 2.24) is 0 Å². The molecule has 9 atom stereocenters. The zero-order valence-corrected chi connectivity index (χ0v) is 29.8. The zero-order chi connectivity index (χ0) is 30.6. The average molecular weight is 513 g/mol. The molecule has 0 nitrogen and oxygen atoms in total. The van der Waals surface area contributed by atoms with E-state index >= 15 is 0 Å². The van der Waals surface area contributed by atoms with Gasteiger partial charge in [0.15, 0.2) is 0 Å². The highest BCUT2D eigenvalue weighted by Gasteiger charge is 2.39. The number of hydrogen-bond acceptors (Lipinski definition) is 0. The second-order valence-corrected chi connectivity index (χ2v) is 9.32. The topological polar surface area (TPSA) is 0 Å². The van der Waals surface area contributed by atoms with Gasteiger partial charge in [-0.05, 0) is 72.0 Å².